The molecule has 1 atom stereocenters. The van der Waals surface area contributed by atoms with Gasteiger partial charge in [0.1, 0.15) is 6.61 Å². The Bertz CT molecular complexity index is 1160. The number of nitro benzene ring substituents is 1. The van der Waals surface area contributed by atoms with Crippen LogP contribution >= 0.6 is 0 Å². The predicted octanol–water partition coefficient (Wildman–Crippen LogP) is 2.99. The van der Waals surface area contributed by atoms with Crippen LogP contribution in [0.2, 0.25) is 0 Å². The summed E-state index contributed by atoms with van der Waals surface area (Å²) >= 11 is 0. The van der Waals surface area contributed by atoms with Crippen molar-refractivity contribution < 1.29 is 19.2 Å². The summed E-state index contributed by atoms with van der Waals surface area (Å²) in [4.78, 5) is 38.3. The van der Waals surface area contributed by atoms with E-state index in [9.17, 15) is 19.7 Å². The molecule has 178 valence electrons. The highest BCUT2D eigenvalue weighted by Crippen LogP contribution is 2.39. The molecule has 1 amide bonds. The van der Waals surface area contributed by atoms with E-state index in [4.69, 9.17) is 10.5 Å². The molecular formula is C25H28N4O5. The molecule has 3 N–H and O–H groups in total. The number of ether oxygens (including phenoxy) is 1. The number of primary amides is 1. The largest absolute Gasteiger partial charge is 0.461 e. The van der Waals surface area contributed by atoms with Gasteiger partial charge in [0.15, 0.2) is 0 Å². The van der Waals surface area contributed by atoms with Crippen molar-refractivity contribution in [2.75, 3.05) is 20.2 Å². The van der Waals surface area contributed by atoms with Crippen LogP contribution in [0.5, 0.6) is 0 Å². The number of hydrogen-bond donors (Lipinski definition) is 2. The Labute approximate surface area is 198 Å². The Morgan fingerprint density at radius 2 is 1.76 bits per heavy atom. The first kappa shape index (κ1) is 24.7. The highest BCUT2D eigenvalue weighted by atomic mass is 16.6. The minimum absolute atomic E-state index is 0.134. The number of nitro groups is 1. The summed E-state index contributed by atoms with van der Waals surface area (Å²) in [6.45, 7) is 4.71. The van der Waals surface area contributed by atoms with Crippen molar-refractivity contribution >= 4 is 17.6 Å². The van der Waals surface area contributed by atoms with Crippen LogP contribution in [0.25, 0.3) is 0 Å². The summed E-state index contributed by atoms with van der Waals surface area (Å²) in [5, 5.41) is 14.3. The first-order valence-corrected chi connectivity index (χ1v) is 10.8. The van der Waals surface area contributed by atoms with E-state index >= 15 is 0 Å². The maximum atomic E-state index is 13.2. The van der Waals surface area contributed by atoms with E-state index in [1.54, 1.807) is 19.9 Å². The standard InChI is InChI=1S/C25H28N4O5/c1-16-21(24(26)30)23(19-10-7-11-20(14-19)29(32)33)22(17(2)27-16)25(31)34-13-12-28(3)15-18-8-5-4-6-9-18/h4-11,14,23,27H,12-13,15H2,1-3H3,(H2,26,30). The molecular weight excluding hydrogens is 436 g/mol. The maximum Gasteiger partial charge on any atom is 0.336 e. The lowest BCUT2D eigenvalue weighted by Gasteiger charge is -2.30. The first-order chi connectivity index (χ1) is 16.2. The first-order valence-electron chi connectivity index (χ1n) is 10.8. The Morgan fingerprint density at radius 3 is 2.41 bits per heavy atom. The molecule has 0 aromatic heterocycles. The zero-order valence-electron chi connectivity index (χ0n) is 19.4. The molecule has 9 nitrogen and oxygen atoms in total. The van der Waals surface area contributed by atoms with Crippen LogP contribution in [0, 0.1) is 10.1 Å². The third-order valence-corrected chi connectivity index (χ3v) is 5.66. The molecule has 1 unspecified atom stereocenters. The third kappa shape index (κ3) is 5.68. The molecule has 9 heteroatoms. The molecule has 0 saturated heterocycles. The van der Waals surface area contributed by atoms with Crippen molar-refractivity contribution in [1.29, 1.82) is 0 Å². The zero-order chi connectivity index (χ0) is 24.8. The van der Waals surface area contributed by atoms with Crippen LogP contribution in [0.3, 0.4) is 0 Å². The van der Waals surface area contributed by atoms with Crippen LogP contribution in [-0.2, 0) is 20.9 Å². The summed E-state index contributed by atoms with van der Waals surface area (Å²) in [6, 6.07) is 15.8. The Kier molecular flexibility index (Phi) is 7.80. The van der Waals surface area contributed by atoms with E-state index in [2.05, 4.69) is 5.32 Å². The second-order valence-corrected chi connectivity index (χ2v) is 8.21. The molecule has 1 heterocycles. The number of carbonyl (C=O) groups is 2. The lowest BCUT2D eigenvalue weighted by molar-refractivity contribution is -0.384. The van der Waals surface area contributed by atoms with Gasteiger partial charge in [0.2, 0.25) is 5.91 Å². The molecule has 0 bridgehead atoms. The third-order valence-electron chi connectivity index (χ3n) is 5.66. The molecule has 0 aliphatic carbocycles. The maximum absolute atomic E-state index is 13.2. The molecule has 0 fully saturated rings. The number of esters is 1. The van der Waals surface area contributed by atoms with Gasteiger partial charge in [0, 0.05) is 42.2 Å². The molecule has 1 aliphatic rings. The number of nitrogens with one attached hydrogen (secondary N) is 1. The summed E-state index contributed by atoms with van der Waals surface area (Å²) in [6.07, 6.45) is 0. The van der Waals surface area contributed by atoms with Gasteiger partial charge in [-0.05, 0) is 32.0 Å². The van der Waals surface area contributed by atoms with Gasteiger partial charge < -0.3 is 15.8 Å². The summed E-state index contributed by atoms with van der Waals surface area (Å²) in [7, 11) is 1.93. The number of carbonyl (C=O) groups excluding carboxylic acids is 2. The van der Waals surface area contributed by atoms with Crippen molar-refractivity contribution in [1.82, 2.24) is 10.2 Å². The topological polar surface area (TPSA) is 128 Å². The van der Waals surface area contributed by atoms with Crippen LogP contribution in [0.1, 0.15) is 30.9 Å². The number of nitrogens with two attached hydrogens (primary N) is 1. The molecule has 34 heavy (non-hydrogen) atoms. The fourth-order valence-electron chi connectivity index (χ4n) is 4.09. The minimum atomic E-state index is -0.881. The van der Waals surface area contributed by atoms with Gasteiger partial charge in [0.05, 0.1) is 16.4 Å². The van der Waals surface area contributed by atoms with Crippen molar-refractivity contribution in [3.8, 4) is 0 Å². The molecule has 1 aliphatic heterocycles. The van der Waals surface area contributed by atoms with Gasteiger partial charge >= 0.3 is 5.97 Å². The van der Waals surface area contributed by atoms with E-state index in [0.717, 1.165) is 5.56 Å². The van der Waals surface area contributed by atoms with Crippen molar-refractivity contribution in [3.63, 3.8) is 0 Å². The highest BCUT2D eigenvalue weighted by molar-refractivity contribution is 6.01. The van der Waals surface area contributed by atoms with Gasteiger partial charge in [-0.2, -0.15) is 0 Å². The molecule has 2 aromatic rings. The fourth-order valence-corrected chi connectivity index (χ4v) is 4.09. The van der Waals surface area contributed by atoms with Crippen molar-refractivity contribution in [2.24, 2.45) is 5.73 Å². The lowest BCUT2D eigenvalue weighted by atomic mass is 9.80. The lowest BCUT2D eigenvalue weighted by Crippen LogP contribution is -2.34. The monoisotopic (exact) mass is 464 g/mol. The number of allylic oxidation sites excluding steroid dienone is 2. The Morgan fingerprint density at radius 1 is 1.09 bits per heavy atom. The summed E-state index contributed by atoms with van der Waals surface area (Å²) in [5.41, 5.74) is 8.41. The number of hydrogen-bond acceptors (Lipinski definition) is 7. The highest BCUT2D eigenvalue weighted by Gasteiger charge is 2.37. The smallest absolute Gasteiger partial charge is 0.336 e. The molecule has 0 radical (unpaired) electrons. The van der Waals surface area contributed by atoms with Gasteiger partial charge in [-0.3, -0.25) is 19.8 Å². The van der Waals surface area contributed by atoms with Gasteiger partial charge in [-0.25, -0.2) is 4.79 Å². The van der Waals surface area contributed by atoms with Gasteiger partial charge in [0.25, 0.3) is 5.69 Å². The minimum Gasteiger partial charge on any atom is -0.461 e. The van der Waals surface area contributed by atoms with Gasteiger partial charge in [-0.1, -0.05) is 42.5 Å². The summed E-state index contributed by atoms with van der Waals surface area (Å²) in [5.74, 6) is -2.21. The number of rotatable bonds is 9. The van der Waals surface area contributed by atoms with E-state index < -0.39 is 22.7 Å². The van der Waals surface area contributed by atoms with Crippen molar-refractivity contribution in [3.05, 3.63) is 98.4 Å². The molecule has 3 rings (SSSR count). The van der Waals surface area contributed by atoms with Gasteiger partial charge in [-0.15, -0.1) is 0 Å². The van der Waals surface area contributed by atoms with Crippen molar-refractivity contribution in [2.45, 2.75) is 26.3 Å². The quantitative estimate of drug-likeness (QED) is 0.332. The van der Waals surface area contributed by atoms with Crippen LogP contribution in [0.15, 0.2) is 77.1 Å². The molecule has 0 spiro atoms. The molecule has 0 saturated carbocycles. The van der Waals surface area contributed by atoms with E-state index in [1.807, 2.05) is 42.3 Å². The second kappa shape index (κ2) is 10.8. The SMILES string of the molecule is CC1=C(C(N)=O)C(c2cccc([N+](=O)[O-])c2)C(C(=O)OCCN(C)Cc2ccccc2)=C(C)N1. The second-order valence-electron chi connectivity index (χ2n) is 8.21. The number of benzene rings is 2. The predicted molar refractivity (Wildman–Crippen MR) is 127 cm³/mol. The average molecular weight is 465 g/mol. The summed E-state index contributed by atoms with van der Waals surface area (Å²) < 4.78 is 5.57. The molecule has 2 aromatic carbocycles. The zero-order valence-corrected chi connectivity index (χ0v) is 19.4. The van der Waals surface area contributed by atoms with E-state index in [1.165, 1.54) is 18.2 Å². The average Bonchev–Trinajstić information content (AvgIpc) is 2.78. The number of amides is 1. The Balaban J connectivity index is 1.81. The number of dihydropyridines is 1. The number of nitrogens with zero attached hydrogens (tertiary/aromatic N) is 2. The van der Waals surface area contributed by atoms with Crippen LogP contribution in [-0.4, -0.2) is 41.9 Å². The van der Waals surface area contributed by atoms with E-state index in [-0.39, 0.29) is 23.4 Å². The van der Waals surface area contributed by atoms with E-state index in [0.29, 0.717) is 30.0 Å². The van der Waals surface area contributed by atoms with Crippen LogP contribution < -0.4 is 11.1 Å². The number of likely N-dealkylation sites (N-methyl/N-ethyl adjacent to an activating group) is 1. The Hall–Kier alpha value is -3.98. The number of non-ortho nitro benzene ring substituents is 1. The normalized spacial score (nSPS) is 15.8. The fraction of sp³-hybridized carbons (Fsp3) is 0.280. The van der Waals surface area contributed by atoms with Crippen LogP contribution in [0.4, 0.5) is 5.69 Å².